The molecular formula is C17H21N3O3S. The number of carboxylic acid groups (broad SMARTS) is 1. The molecule has 0 radical (unpaired) electrons. The number of anilines is 1. The van der Waals surface area contributed by atoms with Gasteiger partial charge in [-0.3, -0.25) is 4.90 Å². The first-order valence-electron chi connectivity index (χ1n) is 7.97. The Morgan fingerprint density at radius 2 is 2.38 bits per heavy atom. The van der Waals surface area contributed by atoms with E-state index in [1.807, 2.05) is 0 Å². The number of morpholine rings is 1. The fourth-order valence-corrected chi connectivity index (χ4v) is 3.73. The number of nitrogens with zero attached hydrogens (tertiary/aromatic N) is 2. The Balaban J connectivity index is 1.72. The van der Waals surface area contributed by atoms with Crippen molar-refractivity contribution in [2.24, 2.45) is 0 Å². The van der Waals surface area contributed by atoms with Gasteiger partial charge in [-0.2, -0.15) is 0 Å². The minimum atomic E-state index is -1.02. The number of nitrogens with one attached hydrogen (secondary N) is 1. The van der Waals surface area contributed by atoms with Crippen LogP contribution in [-0.2, 0) is 4.74 Å². The van der Waals surface area contributed by atoms with Crippen molar-refractivity contribution in [2.45, 2.75) is 19.1 Å². The molecule has 24 heavy (non-hydrogen) atoms. The molecule has 3 heterocycles. The zero-order valence-electron chi connectivity index (χ0n) is 13.5. The predicted molar refractivity (Wildman–Crippen MR) is 93.7 cm³/mol. The third kappa shape index (κ3) is 4.11. The first kappa shape index (κ1) is 16.9. The van der Waals surface area contributed by atoms with E-state index in [-0.39, 0.29) is 17.8 Å². The largest absolute Gasteiger partial charge is 0.477 e. The van der Waals surface area contributed by atoms with Gasteiger partial charge in [-0.15, -0.1) is 11.3 Å². The van der Waals surface area contributed by atoms with E-state index in [1.54, 1.807) is 23.5 Å². The monoisotopic (exact) mass is 347 g/mol. The summed E-state index contributed by atoms with van der Waals surface area (Å²) in [6, 6.07) is 9.40. The summed E-state index contributed by atoms with van der Waals surface area (Å²) >= 11 is 1.73. The van der Waals surface area contributed by atoms with Crippen LogP contribution < -0.4 is 5.32 Å². The molecule has 0 spiro atoms. The lowest BCUT2D eigenvalue weighted by molar-refractivity contribution is -0.0322. The molecule has 0 aliphatic carbocycles. The van der Waals surface area contributed by atoms with Crippen LogP contribution in [0.5, 0.6) is 0 Å². The number of pyridine rings is 1. The number of hydrogen-bond donors (Lipinski definition) is 2. The molecule has 0 amide bonds. The maximum Gasteiger partial charge on any atom is 0.354 e. The zero-order chi connectivity index (χ0) is 16.9. The Hall–Kier alpha value is -1.96. The molecule has 2 aromatic rings. The van der Waals surface area contributed by atoms with Gasteiger partial charge >= 0.3 is 5.97 Å². The molecule has 2 aromatic heterocycles. The van der Waals surface area contributed by atoms with Gasteiger partial charge in [0.05, 0.1) is 18.8 Å². The van der Waals surface area contributed by atoms with Crippen LogP contribution in [0.15, 0.2) is 35.7 Å². The highest BCUT2D eigenvalue weighted by Crippen LogP contribution is 2.27. The molecule has 0 bridgehead atoms. The highest BCUT2D eigenvalue weighted by molar-refractivity contribution is 7.10. The van der Waals surface area contributed by atoms with Crippen molar-refractivity contribution in [1.82, 2.24) is 9.88 Å². The Bertz CT molecular complexity index is 677. The Labute approximate surface area is 145 Å². The molecule has 2 atom stereocenters. The van der Waals surface area contributed by atoms with Crippen molar-refractivity contribution in [3.05, 3.63) is 46.3 Å². The molecule has 1 saturated heterocycles. The summed E-state index contributed by atoms with van der Waals surface area (Å²) < 4.78 is 5.64. The quantitative estimate of drug-likeness (QED) is 0.837. The Kier molecular flexibility index (Phi) is 5.44. The predicted octanol–water partition coefficient (Wildman–Crippen LogP) is 2.72. The first-order valence-corrected chi connectivity index (χ1v) is 8.84. The van der Waals surface area contributed by atoms with Crippen LogP contribution in [0.3, 0.4) is 0 Å². The fourth-order valence-electron chi connectivity index (χ4n) is 2.87. The van der Waals surface area contributed by atoms with E-state index in [4.69, 9.17) is 9.84 Å². The number of hydrogen-bond acceptors (Lipinski definition) is 6. The van der Waals surface area contributed by atoms with Gasteiger partial charge in [0, 0.05) is 24.5 Å². The lowest BCUT2D eigenvalue weighted by Crippen LogP contribution is -2.44. The van der Waals surface area contributed by atoms with Gasteiger partial charge in [-0.25, -0.2) is 9.78 Å². The SMILES string of the molecule is CC1CN(C(CNc2cccc(C(=O)O)n2)c2cccs2)CCO1. The molecule has 3 rings (SSSR count). The second-order valence-corrected chi connectivity index (χ2v) is 6.78. The molecular weight excluding hydrogens is 326 g/mol. The normalized spacial score (nSPS) is 19.8. The summed E-state index contributed by atoms with van der Waals surface area (Å²) in [6.45, 7) is 5.26. The van der Waals surface area contributed by atoms with E-state index in [0.717, 1.165) is 19.7 Å². The number of aromatic nitrogens is 1. The summed E-state index contributed by atoms with van der Waals surface area (Å²) in [6.07, 6.45) is 0.217. The van der Waals surface area contributed by atoms with Crippen LogP contribution in [0.1, 0.15) is 28.3 Å². The van der Waals surface area contributed by atoms with Crippen molar-refractivity contribution in [3.63, 3.8) is 0 Å². The van der Waals surface area contributed by atoms with Crippen molar-refractivity contribution in [3.8, 4) is 0 Å². The molecule has 7 heteroatoms. The lowest BCUT2D eigenvalue weighted by Gasteiger charge is -2.37. The van der Waals surface area contributed by atoms with Crippen molar-refractivity contribution >= 4 is 23.1 Å². The number of thiophene rings is 1. The highest BCUT2D eigenvalue weighted by atomic mass is 32.1. The van der Waals surface area contributed by atoms with Crippen LogP contribution in [0, 0.1) is 0 Å². The van der Waals surface area contributed by atoms with Crippen molar-refractivity contribution in [2.75, 3.05) is 31.6 Å². The molecule has 0 saturated carbocycles. The third-order valence-electron chi connectivity index (χ3n) is 4.03. The molecule has 1 fully saturated rings. The minimum Gasteiger partial charge on any atom is -0.477 e. The molecule has 1 aliphatic rings. The maximum absolute atomic E-state index is 11.1. The molecule has 0 aromatic carbocycles. The number of carbonyl (C=O) groups is 1. The first-order chi connectivity index (χ1) is 11.6. The van der Waals surface area contributed by atoms with Crippen LogP contribution >= 0.6 is 11.3 Å². The summed E-state index contributed by atoms with van der Waals surface area (Å²) in [5.41, 5.74) is 0.0488. The molecule has 1 aliphatic heterocycles. The van der Waals surface area contributed by atoms with E-state index < -0.39 is 5.97 Å². The average molecular weight is 347 g/mol. The average Bonchev–Trinajstić information content (AvgIpc) is 3.10. The van der Waals surface area contributed by atoms with Crippen molar-refractivity contribution < 1.29 is 14.6 Å². The summed E-state index contributed by atoms with van der Waals surface area (Å²) in [5.74, 6) is -0.437. The molecule has 6 nitrogen and oxygen atoms in total. The van der Waals surface area contributed by atoms with Gasteiger partial charge in [0.25, 0.3) is 0 Å². The maximum atomic E-state index is 11.1. The summed E-state index contributed by atoms with van der Waals surface area (Å²) in [5, 5.41) is 14.4. The molecule has 2 unspecified atom stereocenters. The zero-order valence-corrected chi connectivity index (χ0v) is 14.3. The summed E-state index contributed by atoms with van der Waals surface area (Å²) in [4.78, 5) is 18.9. The molecule has 128 valence electrons. The number of carboxylic acids is 1. The van der Waals surface area contributed by atoms with E-state index in [1.165, 1.54) is 10.9 Å². The van der Waals surface area contributed by atoms with Gasteiger partial charge in [0.1, 0.15) is 5.82 Å². The van der Waals surface area contributed by atoms with Crippen LogP contribution in [0.2, 0.25) is 0 Å². The fraction of sp³-hybridized carbons (Fsp3) is 0.412. The van der Waals surface area contributed by atoms with E-state index in [0.29, 0.717) is 12.4 Å². The van der Waals surface area contributed by atoms with Gasteiger partial charge in [0.15, 0.2) is 5.69 Å². The Morgan fingerprint density at radius 3 is 3.08 bits per heavy atom. The van der Waals surface area contributed by atoms with Gasteiger partial charge in [-0.05, 0) is 30.5 Å². The highest BCUT2D eigenvalue weighted by Gasteiger charge is 2.26. The number of rotatable bonds is 6. The topological polar surface area (TPSA) is 74.7 Å². The lowest BCUT2D eigenvalue weighted by atomic mass is 10.1. The standard InChI is InChI=1S/C17H21N3O3S/c1-12-11-20(7-8-23-12)14(15-5-3-9-24-15)10-18-16-6-2-4-13(19-16)17(21)22/h2-6,9,12,14H,7-8,10-11H2,1H3,(H,18,19)(H,21,22). The van der Waals surface area contributed by atoms with Gasteiger partial charge < -0.3 is 15.2 Å². The van der Waals surface area contributed by atoms with Crippen LogP contribution in [0.25, 0.3) is 0 Å². The van der Waals surface area contributed by atoms with Gasteiger partial charge in [-0.1, -0.05) is 12.1 Å². The van der Waals surface area contributed by atoms with E-state index >= 15 is 0 Å². The van der Waals surface area contributed by atoms with E-state index in [9.17, 15) is 4.79 Å². The number of aromatic carboxylic acids is 1. The van der Waals surface area contributed by atoms with Crippen molar-refractivity contribution in [1.29, 1.82) is 0 Å². The Morgan fingerprint density at radius 1 is 1.50 bits per heavy atom. The minimum absolute atomic E-state index is 0.0488. The van der Waals surface area contributed by atoms with Crippen LogP contribution in [0.4, 0.5) is 5.82 Å². The number of ether oxygens (including phenoxy) is 1. The van der Waals surface area contributed by atoms with Crippen LogP contribution in [-0.4, -0.2) is 53.3 Å². The summed E-state index contributed by atoms with van der Waals surface area (Å²) in [7, 11) is 0. The van der Waals surface area contributed by atoms with E-state index in [2.05, 4.69) is 39.6 Å². The molecule has 2 N–H and O–H groups in total. The second-order valence-electron chi connectivity index (χ2n) is 5.80. The van der Waals surface area contributed by atoms with Gasteiger partial charge in [0.2, 0.25) is 0 Å². The second kappa shape index (κ2) is 7.74. The third-order valence-corrected chi connectivity index (χ3v) is 5.00. The smallest absolute Gasteiger partial charge is 0.354 e.